The maximum Gasteiger partial charge on any atom is 0.157 e. The lowest BCUT2D eigenvalue weighted by atomic mass is 10.2. The van der Waals surface area contributed by atoms with E-state index in [-0.39, 0.29) is 0 Å². The Labute approximate surface area is 115 Å². The summed E-state index contributed by atoms with van der Waals surface area (Å²) in [5.74, 6) is 1.51. The Morgan fingerprint density at radius 3 is 2.89 bits per heavy atom. The van der Waals surface area contributed by atoms with Gasteiger partial charge in [-0.15, -0.1) is 0 Å². The Morgan fingerprint density at radius 2 is 2.11 bits per heavy atom. The second-order valence-corrected chi connectivity index (χ2v) is 4.50. The number of methoxy groups -OCH3 is 1. The fourth-order valence-electron chi connectivity index (χ4n) is 2.09. The molecule has 19 heavy (non-hydrogen) atoms. The van der Waals surface area contributed by atoms with Crippen molar-refractivity contribution in [2.24, 2.45) is 0 Å². The first-order chi connectivity index (χ1) is 9.20. The summed E-state index contributed by atoms with van der Waals surface area (Å²) >= 11 is 6.16. The molecule has 0 saturated heterocycles. The van der Waals surface area contributed by atoms with Crippen LogP contribution >= 0.6 is 11.6 Å². The highest BCUT2D eigenvalue weighted by Crippen LogP contribution is 2.30. The Bertz CT molecular complexity index is 752. The quantitative estimate of drug-likeness (QED) is 0.780. The summed E-state index contributed by atoms with van der Waals surface area (Å²) in [6.07, 6.45) is 1.89. The Hall–Kier alpha value is -2.20. The fourth-order valence-corrected chi connectivity index (χ4v) is 2.37. The molecule has 0 aliphatic carbocycles. The number of ether oxygens (including phenoxy) is 1. The van der Waals surface area contributed by atoms with E-state index in [0.29, 0.717) is 10.8 Å². The number of halogens is 1. The van der Waals surface area contributed by atoms with E-state index in [1.54, 1.807) is 13.2 Å². The molecular weight excluding hydrogens is 262 g/mol. The smallest absolute Gasteiger partial charge is 0.157 e. The van der Waals surface area contributed by atoms with Crippen molar-refractivity contribution in [3.8, 4) is 17.1 Å². The first kappa shape index (κ1) is 11.9. The van der Waals surface area contributed by atoms with Crippen LogP contribution in [0.15, 0.2) is 42.6 Å². The highest BCUT2D eigenvalue weighted by Gasteiger charge is 2.13. The van der Waals surface area contributed by atoms with Crippen molar-refractivity contribution in [2.75, 3.05) is 12.8 Å². The molecule has 1 aromatic carbocycles. The largest absolute Gasteiger partial charge is 0.497 e. The van der Waals surface area contributed by atoms with E-state index < -0.39 is 0 Å². The van der Waals surface area contributed by atoms with E-state index in [2.05, 4.69) is 4.98 Å². The minimum Gasteiger partial charge on any atom is -0.497 e. The molecule has 3 aromatic rings. The van der Waals surface area contributed by atoms with Gasteiger partial charge in [0.25, 0.3) is 0 Å². The third kappa shape index (κ3) is 1.90. The Kier molecular flexibility index (Phi) is 2.80. The number of nitrogens with zero attached hydrogens (tertiary/aromatic N) is 2. The van der Waals surface area contributed by atoms with Gasteiger partial charge in [-0.05, 0) is 24.3 Å². The fraction of sp³-hybridized carbons (Fsp3) is 0.0714. The van der Waals surface area contributed by atoms with Crippen LogP contribution in [0.2, 0.25) is 5.15 Å². The predicted molar refractivity (Wildman–Crippen MR) is 76.6 cm³/mol. The van der Waals surface area contributed by atoms with Crippen LogP contribution in [0.4, 0.5) is 5.69 Å². The molecular formula is C14H12ClN3O. The average Bonchev–Trinajstić information content (AvgIpc) is 2.78. The summed E-state index contributed by atoms with van der Waals surface area (Å²) < 4.78 is 7.11. The zero-order valence-electron chi connectivity index (χ0n) is 10.3. The van der Waals surface area contributed by atoms with Crippen molar-refractivity contribution >= 4 is 22.8 Å². The molecule has 96 valence electrons. The zero-order valence-corrected chi connectivity index (χ0v) is 11.1. The Balaban J connectivity index is 2.28. The molecule has 3 rings (SSSR count). The summed E-state index contributed by atoms with van der Waals surface area (Å²) in [4.78, 5) is 4.39. The molecule has 0 amide bonds. The van der Waals surface area contributed by atoms with Crippen LogP contribution < -0.4 is 10.5 Å². The predicted octanol–water partition coefficient (Wildman–Crippen LogP) is 3.25. The molecule has 0 atom stereocenters. The summed E-state index contributed by atoms with van der Waals surface area (Å²) in [5, 5.41) is 0.399. The number of pyridine rings is 1. The van der Waals surface area contributed by atoms with Gasteiger partial charge in [0.2, 0.25) is 0 Å². The van der Waals surface area contributed by atoms with Gasteiger partial charge in [0, 0.05) is 11.8 Å². The third-order valence-corrected chi connectivity index (χ3v) is 3.24. The number of nitrogen functional groups attached to an aromatic ring is 1. The topological polar surface area (TPSA) is 52.5 Å². The van der Waals surface area contributed by atoms with Crippen LogP contribution in [0.3, 0.4) is 0 Å². The van der Waals surface area contributed by atoms with Gasteiger partial charge < -0.3 is 10.5 Å². The molecule has 5 heteroatoms. The van der Waals surface area contributed by atoms with Crippen molar-refractivity contribution in [1.29, 1.82) is 0 Å². The van der Waals surface area contributed by atoms with Crippen LogP contribution in [0.5, 0.6) is 5.75 Å². The molecule has 0 aliphatic heterocycles. The second kappa shape index (κ2) is 4.48. The number of rotatable bonds is 2. The summed E-state index contributed by atoms with van der Waals surface area (Å²) in [7, 11) is 1.63. The first-order valence-electron chi connectivity index (χ1n) is 5.77. The number of imidazole rings is 1. The number of fused-ring (bicyclic) bond motifs is 1. The number of hydrogen-bond donors (Lipinski definition) is 1. The summed E-state index contributed by atoms with van der Waals surface area (Å²) in [6, 6.07) is 11.3. The maximum atomic E-state index is 6.16. The molecule has 0 radical (unpaired) electrons. The van der Waals surface area contributed by atoms with Gasteiger partial charge in [0.15, 0.2) is 5.15 Å². The second-order valence-electron chi connectivity index (χ2n) is 4.14. The van der Waals surface area contributed by atoms with Crippen molar-refractivity contribution in [1.82, 2.24) is 9.38 Å². The molecule has 0 spiro atoms. The van der Waals surface area contributed by atoms with Crippen LogP contribution in [0.1, 0.15) is 0 Å². The van der Waals surface area contributed by atoms with Crippen LogP contribution in [0, 0.1) is 0 Å². The van der Waals surface area contributed by atoms with Crippen LogP contribution in [0.25, 0.3) is 16.9 Å². The lowest BCUT2D eigenvalue weighted by Crippen LogP contribution is -1.93. The van der Waals surface area contributed by atoms with Crippen molar-refractivity contribution in [3.63, 3.8) is 0 Å². The molecule has 0 saturated carbocycles. The summed E-state index contributed by atoms with van der Waals surface area (Å²) in [6.45, 7) is 0. The van der Waals surface area contributed by atoms with Crippen molar-refractivity contribution < 1.29 is 4.74 Å². The van der Waals surface area contributed by atoms with Gasteiger partial charge in [-0.25, -0.2) is 4.98 Å². The number of aromatic nitrogens is 2. The number of anilines is 1. The van der Waals surface area contributed by atoms with Crippen molar-refractivity contribution in [2.45, 2.75) is 0 Å². The van der Waals surface area contributed by atoms with Gasteiger partial charge in [0.1, 0.15) is 17.1 Å². The van der Waals surface area contributed by atoms with Gasteiger partial charge in [-0.2, -0.15) is 0 Å². The normalized spacial score (nSPS) is 10.8. The molecule has 2 N–H and O–H groups in total. The van der Waals surface area contributed by atoms with E-state index in [9.17, 15) is 0 Å². The maximum absolute atomic E-state index is 6.16. The number of benzene rings is 1. The number of hydrogen-bond acceptors (Lipinski definition) is 3. The molecule has 0 unspecified atom stereocenters. The van der Waals surface area contributed by atoms with E-state index in [0.717, 1.165) is 22.7 Å². The van der Waals surface area contributed by atoms with E-state index in [1.807, 2.05) is 40.9 Å². The van der Waals surface area contributed by atoms with E-state index in [1.165, 1.54) is 0 Å². The van der Waals surface area contributed by atoms with Gasteiger partial charge in [-0.1, -0.05) is 23.7 Å². The lowest BCUT2D eigenvalue weighted by Gasteiger charge is -2.04. The SMILES string of the molecule is COc1cccc(-c2nc(Cl)c3c(N)cccn23)c1. The average molecular weight is 274 g/mol. The highest BCUT2D eigenvalue weighted by molar-refractivity contribution is 6.33. The standard InChI is InChI=1S/C14H12ClN3O/c1-19-10-5-2-4-9(8-10)14-17-13(15)12-11(16)6-3-7-18(12)14/h2-8H,16H2,1H3. The minimum absolute atomic E-state index is 0.399. The van der Waals surface area contributed by atoms with Crippen LogP contribution in [-0.4, -0.2) is 16.5 Å². The molecule has 2 heterocycles. The van der Waals surface area contributed by atoms with E-state index >= 15 is 0 Å². The monoisotopic (exact) mass is 273 g/mol. The molecule has 4 nitrogen and oxygen atoms in total. The summed E-state index contributed by atoms with van der Waals surface area (Å²) in [5.41, 5.74) is 8.19. The highest BCUT2D eigenvalue weighted by atomic mass is 35.5. The first-order valence-corrected chi connectivity index (χ1v) is 6.15. The van der Waals surface area contributed by atoms with Gasteiger partial charge in [0.05, 0.1) is 12.8 Å². The van der Waals surface area contributed by atoms with Crippen molar-refractivity contribution in [3.05, 3.63) is 47.7 Å². The molecule has 0 aliphatic rings. The van der Waals surface area contributed by atoms with E-state index in [4.69, 9.17) is 22.1 Å². The Morgan fingerprint density at radius 1 is 1.26 bits per heavy atom. The molecule has 0 fully saturated rings. The van der Waals surface area contributed by atoms with Crippen LogP contribution in [-0.2, 0) is 0 Å². The van der Waals surface area contributed by atoms with Gasteiger partial charge in [-0.3, -0.25) is 4.40 Å². The third-order valence-electron chi connectivity index (χ3n) is 2.98. The molecule has 0 bridgehead atoms. The minimum atomic E-state index is 0.399. The number of nitrogens with two attached hydrogens (primary N) is 1. The zero-order chi connectivity index (χ0) is 13.4. The van der Waals surface area contributed by atoms with Gasteiger partial charge >= 0.3 is 0 Å². The molecule has 2 aromatic heterocycles. The lowest BCUT2D eigenvalue weighted by molar-refractivity contribution is 0.415.